The lowest BCUT2D eigenvalue weighted by Crippen LogP contribution is -2.37. The summed E-state index contributed by atoms with van der Waals surface area (Å²) in [7, 11) is 1.82. The number of aryl methyl sites for hydroxylation is 1. The van der Waals surface area contributed by atoms with Crippen molar-refractivity contribution in [2.24, 2.45) is 5.92 Å². The normalized spacial score (nSPS) is 23.9. The third kappa shape index (κ3) is 2.37. The minimum atomic E-state index is -0.313. The highest BCUT2D eigenvalue weighted by atomic mass is 19.1. The second kappa shape index (κ2) is 4.94. The molecule has 1 fully saturated rings. The first-order valence-electron chi connectivity index (χ1n) is 5.69. The molecule has 0 spiro atoms. The zero-order valence-corrected chi connectivity index (χ0v) is 10.00. The molecule has 1 heterocycles. The van der Waals surface area contributed by atoms with Crippen LogP contribution in [0.5, 0.6) is 0 Å². The van der Waals surface area contributed by atoms with E-state index < -0.39 is 0 Å². The van der Waals surface area contributed by atoms with Crippen molar-refractivity contribution < 1.29 is 13.9 Å². The quantitative estimate of drug-likeness (QED) is 0.811. The Bertz CT molecular complexity index is 433. The Morgan fingerprint density at radius 2 is 2.24 bits per heavy atom. The molecule has 1 aliphatic heterocycles. The average Bonchev–Trinajstić information content (AvgIpc) is 2.76. The van der Waals surface area contributed by atoms with Gasteiger partial charge in [-0.25, -0.2) is 4.39 Å². The lowest BCUT2D eigenvalue weighted by molar-refractivity contribution is 0.0892. The Morgan fingerprint density at radius 3 is 2.88 bits per heavy atom. The van der Waals surface area contributed by atoms with Crippen LogP contribution in [0.3, 0.4) is 0 Å². The molecule has 2 unspecified atom stereocenters. The summed E-state index contributed by atoms with van der Waals surface area (Å²) in [5.74, 6) is -0.463. The third-order valence-corrected chi connectivity index (χ3v) is 3.24. The van der Waals surface area contributed by atoms with Crippen LogP contribution in [0, 0.1) is 18.7 Å². The maximum Gasteiger partial charge on any atom is 0.170 e. The second-order valence-electron chi connectivity index (χ2n) is 4.36. The number of rotatable bonds is 3. The van der Waals surface area contributed by atoms with Crippen molar-refractivity contribution in [3.05, 3.63) is 35.1 Å². The molecule has 4 heteroatoms. The Kier molecular flexibility index (Phi) is 3.54. The van der Waals surface area contributed by atoms with Crippen LogP contribution in [-0.4, -0.2) is 32.1 Å². The number of ketones is 1. The molecule has 92 valence electrons. The Hall–Kier alpha value is -1.26. The van der Waals surface area contributed by atoms with Gasteiger partial charge in [0.1, 0.15) is 5.82 Å². The van der Waals surface area contributed by atoms with E-state index in [-0.39, 0.29) is 23.6 Å². The lowest BCUT2D eigenvalue weighted by atomic mass is 9.91. The van der Waals surface area contributed by atoms with Gasteiger partial charge in [0.05, 0.1) is 19.1 Å². The lowest BCUT2D eigenvalue weighted by Gasteiger charge is -2.16. The molecule has 1 N–H and O–H groups in total. The number of ether oxygens (including phenoxy) is 1. The molecule has 0 aliphatic carbocycles. The van der Waals surface area contributed by atoms with Crippen LogP contribution in [0.4, 0.5) is 4.39 Å². The Labute approximate surface area is 100.0 Å². The van der Waals surface area contributed by atoms with E-state index in [4.69, 9.17) is 4.74 Å². The van der Waals surface area contributed by atoms with E-state index in [9.17, 15) is 9.18 Å². The second-order valence-corrected chi connectivity index (χ2v) is 4.36. The highest BCUT2D eigenvalue weighted by molar-refractivity contribution is 5.99. The fourth-order valence-corrected chi connectivity index (χ4v) is 2.20. The van der Waals surface area contributed by atoms with Gasteiger partial charge in [0.25, 0.3) is 0 Å². The van der Waals surface area contributed by atoms with Crippen molar-refractivity contribution >= 4 is 5.78 Å². The summed E-state index contributed by atoms with van der Waals surface area (Å²) in [5.41, 5.74) is 1.26. The molecule has 0 radical (unpaired) electrons. The van der Waals surface area contributed by atoms with Crippen LogP contribution in [-0.2, 0) is 4.74 Å². The summed E-state index contributed by atoms with van der Waals surface area (Å²) in [5, 5.41) is 3.08. The van der Waals surface area contributed by atoms with E-state index in [1.807, 2.05) is 7.05 Å². The van der Waals surface area contributed by atoms with Crippen LogP contribution >= 0.6 is 0 Å². The first kappa shape index (κ1) is 12.2. The molecule has 1 aromatic carbocycles. The maximum atomic E-state index is 13.0. The fraction of sp³-hybridized carbons (Fsp3) is 0.462. The maximum absolute atomic E-state index is 13.0. The van der Waals surface area contributed by atoms with Crippen molar-refractivity contribution in [1.82, 2.24) is 5.32 Å². The van der Waals surface area contributed by atoms with E-state index in [1.165, 1.54) is 12.1 Å². The van der Waals surface area contributed by atoms with Gasteiger partial charge in [-0.05, 0) is 37.7 Å². The van der Waals surface area contributed by atoms with E-state index >= 15 is 0 Å². The monoisotopic (exact) mass is 237 g/mol. The smallest absolute Gasteiger partial charge is 0.170 e. The summed E-state index contributed by atoms with van der Waals surface area (Å²) in [4.78, 5) is 12.3. The molecular weight excluding hydrogens is 221 g/mol. The van der Waals surface area contributed by atoms with Crippen molar-refractivity contribution in [3.63, 3.8) is 0 Å². The van der Waals surface area contributed by atoms with Gasteiger partial charge in [-0.15, -0.1) is 0 Å². The van der Waals surface area contributed by atoms with Crippen molar-refractivity contribution in [3.8, 4) is 0 Å². The fourth-order valence-electron chi connectivity index (χ4n) is 2.20. The molecule has 0 aromatic heterocycles. The Morgan fingerprint density at radius 1 is 1.47 bits per heavy atom. The van der Waals surface area contributed by atoms with Gasteiger partial charge < -0.3 is 10.1 Å². The number of hydrogen-bond donors (Lipinski definition) is 1. The Balaban J connectivity index is 2.24. The van der Waals surface area contributed by atoms with Gasteiger partial charge in [-0.1, -0.05) is 0 Å². The molecule has 2 atom stereocenters. The number of Topliss-reactive ketones (excluding diaryl/α,β-unsaturated/α-hetero) is 1. The molecular formula is C13H16FNO2. The van der Waals surface area contributed by atoms with Crippen LogP contribution < -0.4 is 5.32 Å². The predicted molar refractivity (Wildman–Crippen MR) is 62.6 cm³/mol. The predicted octanol–water partition coefficient (Wildman–Crippen LogP) is 1.55. The first-order valence-corrected chi connectivity index (χ1v) is 5.69. The van der Waals surface area contributed by atoms with E-state index in [0.29, 0.717) is 24.3 Å². The van der Waals surface area contributed by atoms with Crippen molar-refractivity contribution in [1.29, 1.82) is 0 Å². The number of carbonyl (C=O) groups excluding carboxylic acids is 1. The topological polar surface area (TPSA) is 38.3 Å². The number of hydrogen-bond acceptors (Lipinski definition) is 3. The van der Waals surface area contributed by atoms with Gasteiger partial charge in [-0.2, -0.15) is 0 Å². The van der Waals surface area contributed by atoms with Crippen LogP contribution in [0.25, 0.3) is 0 Å². The first-order chi connectivity index (χ1) is 8.13. The SMILES string of the molecule is CNC1COCC1C(=O)c1ccc(F)cc1C. The molecule has 0 amide bonds. The molecule has 3 nitrogen and oxygen atoms in total. The average molecular weight is 237 g/mol. The summed E-state index contributed by atoms with van der Waals surface area (Å²) in [6, 6.07) is 4.31. The van der Waals surface area contributed by atoms with Crippen LogP contribution in [0.2, 0.25) is 0 Å². The highest BCUT2D eigenvalue weighted by Gasteiger charge is 2.33. The largest absolute Gasteiger partial charge is 0.379 e. The van der Waals surface area contributed by atoms with Gasteiger partial charge in [0.2, 0.25) is 0 Å². The molecule has 2 rings (SSSR count). The van der Waals surface area contributed by atoms with E-state index in [0.717, 1.165) is 0 Å². The highest BCUT2D eigenvalue weighted by Crippen LogP contribution is 2.21. The number of halogens is 1. The van der Waals surface area contributed by atoms with Gasteiger partial charge in [0, 0.05) is 11.6 Å². The molecule has 1 saturated heterocycles. The van der Waals surface area contributed by atoms with Gasteiger partial charge >= 0.3 is 0 Å². The number of nitrogens with one attached hydrogen (secondary N) is 1. The summed E-state index contributed by atoms with van der Waals surface area (Å²) in [6.07, 6.45) is 0. The van der Waals surface area contributed by atoms with E-state index in [1.54, 1.807) is 13.0 Å². The summed E-state index contributed by atoms with van der Waals surface area (Å²) >= 11 is 0. The van der Waals surface area contributed by atoms with Gasteiger partial charge in [0.15, 0.2) is 5.78 Å². The zero-order chi connectivity index (χ0) is 12.4. The van der Waals surface area contributed by atoms with E-state index in [2.05, 4.69) is 5.32 Å². The zero-order valence-electron chi connectivity index (χ0n) is 10.00. The van der Waals surface area contributed by atoms with Crippen molar-refractivity contribution in [2.45, 2.75) is 13.0 Å². The summed E-state index contributed by atoms with van der Waals surface area (Å²) in [6.45, 7) is 2.73. The molecule has 0 bridgehead atoms. The van der Waals surface area contributed by atoms with Crippen LogP contribution in [0.1, 0.15) is 15.9 Å². The minimum Gasteiger partial charge on any atom is -0.379 e. The van der Waals surface area contributed by atoms with Crippen molar-refractivity contribution in [2.75, 3.05) is 20.3 Å². The molecule has 1 aliphatic rings. The molecule has 1 aromatic rings. The minimum absolute atomic E-state index is 0.0272. The number of benzene rings is 1. The summed E-state index contributed by atoms with van der Waals surface area (Å²) < 4.78 is 18.3. The molecule has 0 saturated carbocycles. The third-order valence-electron chi connectivity index (χ3n) is 3.24. The number of carbonyl (C=O) groups is 1. The van der Waals surface area contributed by atoms with Crippen LogP contribution in [0.15, 0.2) is 18.2 Å². The standard InChI is InChI=1S/C13H16FNO2/c1-8-5-9(14)3-4-10(8)13(16)11-6-17-7-12(11)15-2/h3-5,11-12,15H,6-7H2,1-2H3. The van der Waals surface area contributed by atoms with Gasteiger partial charge in [-0.3, -0.25) is 4.79 Å². The molecule has 17 heavy (non-hydrogen) atoms. The number of likely N-dealkylation sites (N-methyl/N-ethyl adjacent to an activating group) is 1.